The maximum Gasteiger partial charge on any atom is 0.161 e. The van der Waals surface area contributed by atoms with Gasteiger partial charge in [-0.15, -0.1) is 0 Å². The Kier molecular flexibility index (Phi) is 3.62. The van der Waals surface area contributed by atoms with Crippen molar-refractivity contribution in [1.29, 1.82) is 0 Å². The Morgan fingerprint density at radius 1 is 0.842 bits per heavy atom. The van der Waals surface area contributed by atoms with Gasteiger partial charge in [-0.1, -0.05) is 23.8 Å². The number of benzene rings is 2. The van der Waals surface area contributed by atoms with Crippen LogP contribution in [0.25, 0.3) is 0 Å². The third kappa shape index (κ3) is 2.63. The highest BCUT2D eigenvalue weighted by atomic mass is 19.2. The molecule has 0 spiro atoms. The largest absolute Gasteiger partial charge is 0.320 e. The van der Waals surface area contributed by atoms with Crippen molar-refractivity contribution in [2.24, 2.45) is 5.73 Å². The normalized spacial score (nSPS) is 12.5. The van der Waals surface area contributed by atoms with E-state index in [9.17, 15) is 13.2 Å². The van der Waals surface area contributed by atoms with Crippen LogP contribution in [0.3, 0.4) is 0 Å². The van der Waals surface area contributed by atoms with E-state index in [0.717, 1.165) is 17.2 Å². The van der Waals surface area contributed by atoms with Gasteiger partial charge >= 0.3 is 0 Å². The average molecular weight is 265 g/mol. The number of nitrogens with two attached hydrogens (primary N) is 1. The van der Waals surface area contributed by atoms with Gasteiger partial charge in [-0.25, -0.2) is 13.2 Å². The third-order valence-electron chi connectivity index (χ3n) is 3.14. The van der Waals surface area contributed by atoms with E-state index in [1.54, 1.807) is 6.07 Å². The molecule has 0 aliphatic carbocycles. The number of hydrogen-bond acceptors (Lipinski definition) is 1. The van der Waals surface area contributed by atoms with Crippen LogP contribution < -0.4 is 5.73 Å². The van der Waals surface area contributed by atoms with Gasteiger partial charge < -0.3 is 5.73 Å². The number of aryl methyl sites for hydroxylation is 2. The number of rotatable bonds is 2. The molecule has 19 heavy (non-hydrogen) atoms. The highest BCUT2D eigenvalue weighted by Crippen LogP contribution is 2.26. The second-order valence-corrected chi connectivity index (χ2v) is 4.63. The van der Waals surface area contributed by atoms with Crippen LogP contribution >= 0.6 is 0 Å². The lowest BCUT2D eigenvalue weighted by molar-refractivity contribution is 0.487. The fourth-order valence-corrected chi connectivity index (χ4v) is 2.12. The van der Waals surface area contributed by atoms with Gasteiger partial charge in [0.15, 0.2) is 11.6 Å². The van der Waals surface area contributed by atoms with Crippen LogP contribution in [0.5, 0.6) is 0 Å². The van der Waals surface area contributed by atoms with Gasteiger partial charge in [0.05, 0.1) is 6.04 Å². The maximum atomic E-state index is 13.7. The van der Waals surface area contributed by atoms with E-state index in [4.69, 9.17) is 5.73 Å². The van der Waals surface area contributed by atoms with Crippen molar-refractivity contribution in [3.63, 3.8) is 0 Å². The Hall–Kier alpha value is -1.81. The van der Waals surface area contributed by atoms with E-state index in [0.29, 0.717) is 11.6 Å². The van der Waals surface area contributed by atoms with E-state index in [1.807, 2.05) is 26.0 Å². The minimum absolute atomic E-state index is 0.0501. The first-order valence-electron chi connectivity index (χ1n) is 5.87. The second kappa shape index (κ2) is 5.05. The second-order valence-electron chi connectivity index (χ2n) is 4.63. The lowest BCUT2D eigenvalue weighted by Gasteiger charge is -2.16. The summed E-state index contributed by atoms with van der Waals surface area (Å²) in [5.41, 5.74) is 8.54. The molecule has 2 N–H and O–H groups in total. The van der Waals surface area contributed by atoms with Crippen LogP contribution in [-0.2, 0) is 0 Å². The molecule has 2 rings (SSSR count). The summed E-state index contributed by atoms with van der Waals surface area (Å²) >= 11 is 0. The Labute approximate surface area is 109 Å². The van der Waals surface area contributed by atoms with E-state index in [2.05, 4.69) is 0 Å². The molecule has 0 aromatic heterocycles. The van der Waals surface area contributed by atoms with Crippen molar-refractivity contribution in [3.05, 3.63) is 70.0 Å². The Morgan fingerprint density at radius 2 is 1.47 bits per heavy atom. The summed E-state index contributed by atoms with van der Waals surface area (Å²) in [6.07, 6.45) is 0. The monoisotopic (exact) mass is 265 g/mol. The topological polar surface area (TPSA) is 26.0 Å². The first-order chi connectivity index (χ1) is 8.90. The fourth-order valence-electron chi connectivity index (χ4n) is 2.12. The molecule has 4 heteroatoms. The summed E-state index contributed by atoms with van der Waals surface area (Å²) < 4.78 is 39.8. The summed E-state index contributed by atoms with van der Waals surface area (Å²) in [6, 6.07) is 6.04. The quantitative estimate of drug-likeness (QED) is 0.822. The van der Waals surface area contributed by atoms with Crippen LogP contribution in [0.1, 0.15) is 28.3 Å². The van der Waals surface area contributed by atoms with Gasteiger partial charge in [0.2, 0.25) is 0 Å². The van der Waals surface area contributed by atoms with E-state index in [-0.39, 0.29) is 5.56 Å². The molecule has 0 aliphatic heterocycles. The zero-order valence-corrected chi connectivity index (χ0v) is 10.7. The lowest BCUT2D eigenvalue weighted by atomic mass is 9.94. The summed E-state index contributed by atoms with van der Waals surface area (Å²) in [4.78, 5) is 0. The van der Waals surface area contributed by atoms with Gasteiger partial charge in [0.25, 0.3) is 0 Å². The van der Waals surface area contributed by atoms with E-state index < -0.39 is 23.5 Å². The summed E-state index contributed by atoms with van der Waals surface area (Å²) in [5.74, 6) is -3.16. The van der Waals surface area contributed by atoms with Gasteiger partial charge in [-0.05, 0) is 31.0 Å². The molecule has 1 unspecified atom stereocenters. The minimum atomic E-state index is -1.21. The van der Waals surface area contributed by atoms with Crippen LogP contribution in [-0.4, -0.2) is 0 Å². The zero-order chi connectivity index (χ0) is 14.2. The highest BCUT2D eigenvalue weighted by molar-refractivity contribution is 5.39. The average Bonchev–Trinajstić information content (AvgIpc) is 2.33. The molecule has 100 valence electrons. The van der Waals surface area contributed by atoms with Crippen molar-refractivity contribution in [2.45, 2.75) is 19.9 Å². The smallest absolute Gasteiger partial charge is 0.161 e. The molecular formula is C15H14F3N. The molecule has 0 bridgehead atoms. The van der Waals surface area contributed by atoms with Gasteiger partial charge in [0, 0.05) is 11.6 Å². The molecular weight excluding hydrogens is 251 g/mol. The van der Waals surface area contributed by atoms with Gasteiger partial charge in [-0.3, -0.25) is 0 Å². The minimum Gasteiger partial charge on any atom is -0.320 e. The van der Waals surface area contributed by atoms with Gasteiger partial charge in [0.1, 0.15) is 5.82 Å². The summed E-state index contributed by atoms with van der Waals surface area (Å²) in [7, 11) is 0. The van der Waals surface area contributed by atoms with Crippen molar-refractivity contribution >= 4 is 0 Å². The lowest BCUT2D eigenvalue weighted by Crippen LogP contribution is -2.15. The molecule has 0 amide bonds. The van der Waals surface area contributed by atoms with Crippen LogP contribution in [0.2, 0.25) is 0 Å². The molecule has 0 aliphatic rings. The summed E-state index contributed by atoms with van der Waals surface area (Å²) in [5, 5.41) is 0. The van der Waals surface area contributed by atoms with Crippen molar-refractivity contribution in [2.75, 3.05) is 0 Å². The Bertz CT molecular complexity index is 623. The van der Waals surface area contributed by atoms with Crippen molar-refractivity contribution in [3.8, 4) is 0 Å². The molecule has 2 aromatic carbocycles. The predicted molar refractivity (Wildman–Crippen MR) is 68.3 cm³/mol. The first-order valence-corrected chi connectivity index (χ1v) is 5.87. The maximum absolute atomic E-state index is 13.7. The zero-order valence-electron chi connectivity index (χ0n) is 10.7. The van der Waals surface area contributed by atoms with Crippen LogP contribution in [0.4, 0.5) is 13.2 Å². The molecule has 1 atom stereocenters. The van der Waals surface area contributed by atoms with Crippen LogP contribution in [0.15, 0.2) is 30.3 Å². The first kappa shape index (κ1) is 13.6. The Balaban J connectivity index is 2.49. The standard InChI is InChI=1S/C15H14F3N/c1-8-3-4-10(9(2)5-8)15(19)11-6-13(17)14(18)7-12(11)16/h3-7,15H,19H2,1-2H3. The molecule has 0 fully saturated rings. The molecule has 0 heterocycles. The third-order valence-corrected chi connectivity index (χ3v) is 3.14. The van der Waals surface area contributed by atoms with E-state index in [1.165, 1.54) is 0 Å². The Morgan fingerprint density at radius 3 is 2.11 bits per heavy atom. The molecule has 0 saturated carbocycles. The summed E-state index contributed by atoms with van der Waals surface area (Å²) in [6.45, 7) is 3.78. The molecule has 0 radical (unpaired) electrons. The predicted octanol–water partition coefficient (Wildman–Crippen LogP) is 3.77. The highest BCUT2D eigenvalue weighted by Gasteiger charge is 2.18. The molecule has 2 aromatic rings. The van der Waals surface area contributed by atoms with Gasteiger partial charge in [-0.2, -0.15) is 0 Å². The van der Waals surface area contributed by atoms with E-state index >= 15 is 0 Å². The number of halogens is 3. The molecule has 0 saturated heterocycles. The molecule has 1 nitrogen and oxygen atoms in total. The van der Waals surface area contributed by atoms with Crippen molar-refractivity contribution < 1.29 is 13.2 Å². The number of hydrogen-bond donors (Lipinski definition) is 1. The SMILES string of the molecule is Cc1ccc(C(N)c2cc(F)c(F)cc2F)c(C)c1. The van der Waals surface area contributed by atoms with Crippen molar-refractivity contribution in [1.82, 2.24) is 0 Å². The van der Waals surface area contributed by atoms with Crippen LogP contribution in [0, 0.1) is 31.3 Å². The fraction of sp³-hybridized carbons (Fsp3) is 0.200.